The van der Waals surface area contributed by atoms with E-state index < -0.39 is 10.0 Å². The lowest BCUT2D eigenvalue weighted by Crippen LogP contribution is -2.27. The van der Waals surface area contributed by atoms with Crippen LogP contribution in [0.25, 0.3) is 0 Å². The standard InChI is InChI=1S/C20H26N2O3S2/c1-15(2)13-14-21-20(23)16-5-7-17(8-6-16)22(3)27(24,25)19-11-9-18(26-4)10-12-19/h5-12,15H,13-14H2,1-4H3,(H,21,23). The van der Waals surface area contributed by atoms with Crippen molar-refractivity contribution in [3.8, 4) is 0 Å². The molecule has 27 heavy (non-hydrogen) atoms. The minimum absolute atomic E-state index is 0.152. The van der Waals surface area contributed by atoms with Gasteiger partial charge in [-0.05, 0) is 67.1 Å². The van der Waals surface area contributed by atoms with Crippen LogP contribution in [0, 0.1) is 5.92 Å². The van der Waals surface area contributed by atoms with Gasteiger partial charge in [-0.3, -0.25) is 9.10 Å². The zero-order valence-corrected chi connectivity index (χ0v) is 17.7. The summed E-state index contributed by atoms with van der Waals surface area (Å²) in [6.07, 6.45) is 2.86. The molecule has 0 heterocycles. The largest absolute Gasteiger partial charge is 0.352 e. The van der Waals surface area contributed by atoms with Gasteiger partial charge in [-0.2, -0.15) is 0 Å². The molecule has 0 radical (unpaired) electrons. The highest BCUT2D eigenvalue weighted by Gasteiger charge is 2.21. The maximum Gasteiger partial charge on any atom is 0.264 e. The van der Waals surface area contributed by atoms with Gasteiger partial charge >= 0.3 is 0 Å². The molecule has 146 valence electrons. The molecule has 5 nitrogen and oxygen atoms in total. The second-order valence-electron chi connectivity index (χ2n) is 6.63. The van der Waals surface area contributed by atoms with Crippen LogP contribution < -0.4 is 9.62 Å². The van der Waals surface area contributed by atoms with Crippen LogP contribution in [-0.4, -0.2) is 34.2 Å². The van der Waals surface area contributed by atoms with Crippen molar-refractivity contribution in [3.05, 3.63) is 54.1 Å². The van der Waals surface area contributed by atoms with E-state index in [9.17, 15) is 13.2 Å². The third-order valence-corrected chi connectivity index (χ3v) is 6.76. The van der Waals surface area contributed by atoms with Gasteiger partial charge in [-0.15, -0.1) is 11.8 Å². The summed E-state index contributed by atoms with van der Waals surface area (Å²) in [5, 5.41) is 2.87. The lowest BCUT2D eigenvalue weighted by Gasteiger charge is -2.20. The molecule has 0 saturated carbocycles. The van der Waals surface area contributed by atoms with E-state index in [1.165, 1.54) is 11.4 Å². The lowest BCUT2D eigenvalue weighted by molar-refractivity contribution is 0.0952. The number of nitrogens with one attached hydrogen (secondary N) is 1. The molecule has 0 unspecified atom stereocenters. The fraction of sp³-hybridized carbons (Fsp3) is 0.350. The second-order valence-corrected chi connectivity index (χ2v) is 9.48. The second kappa shape index (κ2) is 9.28. The molecule has 2 aromatic rings. The van der Waals surface area contributed by atoms with Gasteiger partial charge in [0.1, 0.15) is 0 Å². The number of hydrogen-bond acceptors (Lipinski definition) is 4. The zero-order valence-electron chi connectivity index (χ0n) is 16.1. The molecule has 0 saturated heterocycles. The molecule has 0 atom stereocenters. The lowest BCUT2D eigenvalue weighted by atomic mass is 10.1. The van der Waals surface area contributed by atoms with Gasteiger partial charge in [0.25, 0.3) is 15.9 Å². The normalized spacial score (nSPS) is 11.4. The minimum atomic E-state index is -3.65. The smallest absolute Gasteiger partial charge is 0.264 e. The molecular weight excluding hydrogens is 380 g/mol. The van der Waals surface area contributed by atoms with Crippen molar-refractivity contribution in [2.75, 3.05) is 24.2 Å². The summed E-state index contributed by atoms with van der Waals surface area (Å²) in [7, 11) is -2.14. The maximum atomic E-state index is 12.8. The van der Waals surface area contributed by atoms with Gasteiger partial charge in [0, 0.05) is 24.1 Å². The van der Waals surface area contributed by atoms with Gasteiger partial charge in [0.2, 0.25) is 0 Å². The van der Waals surface area contributed by atoms with E-state index in [-0.39, 0.29) is 10.8 Å². The molecular formula is C20H26N2O3S2. The van der Waals surface area contributed by atoms with Crippen LogP contribution in [0.2, 0.25) is 0 Å². The van der Waals surface area contributed by atoms with E-state index in [1.807, 2.05) is 6.26 Å². The molecule has 2 aromatic carbocycles. The van der Waals surface area contributed by atoms with Crippen LogP contribution in [0.15, 0.2) is 58.3 Å². The summed E-state index contributed by atoms with van der Waals surface area (Å²) >= 11 is 1.56. The van der Waals surface area contributed by atoms with Gasteiger partial charge in [-0.1, -0.05) is 13.8 Å². The zero-order chi connectivity index (χ0) is 20.0. The fourth-order valence-electron chi connectivity index (χ4n) is 2.44. The van der Waals surface area contributed by atoms with Crippen molar-refractivity contribution in [2.24, 2.45) is 5.92 Å². The summed E-state index contributed by atoms with van der Waals surface area (Å²) in [5.41, 5.74) is 1.01. The van der Waals surface area contributed by atoms with E-state index >= 15 is 0 Å². The van der Waals surface area contributed by atoms with E-state index in [4.69, 9.17) is 0 Å². The molecule has 0 bridgehead atoms. The topological polar surface area (TPSA) is 66.5 Å². The quantitative estimate of drug-likeness (QED) is 0.673. The monoisotopic (exact) mass is 406 g/mol. The maximum absolute atomic E-state index is 12.8. The van der Waals surface area contributed by atoms with Gasteiger partial charge < -0.3 is 5.32 Å². The fourth-order valence-corrected chi connectivity index (χ4v) is 4.05. The highest BCUT2D eigenvalue weighted by molar-refractivity contribution is 7.98. The Labute approximate surface area is 166 Å². The molecule has 0 aliphatic carbocycles. The molecule has 2 rings (SSSR count). The first-order valence-corrected chi connectivity index (χ1v) is 11.4. The number of hydrogen-bond donors (Lipinski definition) is 1. The molecule has 0 fully saturated rings. The molecule has 0 spiro atoms. The number of nitrogens with zero attached hydrogens (tertiary/aromatic N) is 1. The number of carbonyl (C=O) groups is 1. The molecule has 0 aliphatic rings. The Hall–Kier alpha value is -1.99. The summed E-state index contributed by atoms with van der Waals surface area (Å²) in [6.45, 7) is 4.83. The summed E-state index contributed by atoms with van der Waals surface area (Å²) < 4.78 is 26.8. The molecule has 1 N–H and O–H groups in total. The predicted molar refractivity (Wildman–Crippen MR) is 112 cm³/mol. The van der Waals surface area contributed by atoms with Crippen molar-refractivity contribution in [1.82, 2.24) is 5.32 Å². The van der Waals surface area contributed by atoms with Crippen LogP contribution >= 0.6 is 11.8 Å². The minimum Gasteiger partial charge on any atom is -0.352 e. The first-order valence-electron chi connectivity index (χ1n) is 8.77. The number of benzene rings is 2. The number of sulfonamides is 1. The van der Waals surface area contributed by atoms with Crippen molar-refractivity contribution < 1.29 is 13.2 Å². The Morgan fingerprint density at radius 1 is 1.07 bits per heavy atom. The Kier molecular flexibility index (Phi) is 7.33. The Morgan fingerprint density at radius 2 is 1.67 bits per heavy atom. The van der Waals surface area contributed by atoms with Crippen LogP contribution in [-0.2, 0) is 10.0 Å². The molecule has 0 aliphatic heterocycles. The summed E-state index contributed by atoms with van der Waals surface area (Å²) in [4.78, 5) is 13.4. The number of carbonyl (C=O) groups excluding carboxylic acids is 1. The number of amides is 1. The van der Waals surface area contributed by atoms with Crippen molar-refractivity contribution in [3.63, 3.8) is 0 Å². The predicted octanol–water partition coefficient (Wildman–Crippen LogP) is 4.01. The van der Waals surface area contributed by atoms with E-state index in [0.717, 1.165) is 11.3 Å². The number of anilines is 1. The third kappa shape index (κ3) is 5.49. The van der Waals surface area contributed by atoms with E-state index in [1.54, 1.807) is 60.3 Å². The Bertz CT molecular complexity index is 861. The first-order chi connectivity index (χ1) is 12.8. The average molecular weight is 407 g/mol. The summed E-state index contributed by atoms with van der Waals surface area (Å²) in [5.74, 6) is 0.372. The number of thioether (sulfide) groups is 1. The van der Waals surface area contributed by atoms with E-state index in [0.29, 0.717) is 23.7 Å². The van der Waals surface area contributed by atoms with Gasteiger partial charge in [-0.25, -0.2) is 8.42 Å². The molecule has 0 aromatic heterocycles. The highest BCUT2D eigenvalue weighted by atomic mass is 32.2. The van der Waals surface area contributed by atoms with Crippen molar-refractivity contribution in [2.45, 2.75) is 30.1 Å². The SMILES string of the molecule is CSc1ccc(S(=O)(=O)N(C)c2ccc(C(=O)NCCC(C)C)cc2)cc1. The summed E-state index contributed by atoms with van der Waals surface area (Å²) in [6, 6.07) is 13.4. The van der Waals surface area contributed by atoms with Gasteiger partial charge in [0.15, 0.2) is 0 Å². The highest BCUT2D eigenvalue weighted by Crippen LogP contribution is 2.24. The van der Waals surface area contributed by atoms with Crippen molar-refractivity contribution >= 4 is 33.4 Å². The van der Waals surface area contributed by atoms with Crippen LogP contribution in [0.5, 0.6) is 0 Å². The first kappa shape index (κ1) is 21.3. The third-order valence-electron chi connectivity index (χ3n) is 4.22. The van der Waals surface area contributed by atoms with Crippen LogP contribution in [0.3, 0.4) is 0 Å². The Balaban J connectivity index is 2.11. The molecule has 7 heteroatoms. The molecule has 1 amide bonds. The van der Waals surface area contributed by atoms with Crippen LogP contribution in [0.4, 0.5) is 5.69 Å². The number of rotatable bonds is 8. The average Bonchev–Trinajstić information content (AvgIpc) is 2.67. The van der Waals surface area contributed by atoms with E-state index in [2.05, 4.69) is 19.2 Å². The van der Waals surface area contributed by atoms with Crippen molar-refractivity contribution in [1.29, 1.82) is 0 Å². The van der Waals surface area contributed by atoms with Crippen LogP contribution in [0.1, 0.15) is 30.6 Å². The van der Waals surface area contributed by atoms with Gasteiger partial charge in [0.05, 0.1) is 10.6 Å². The Morgan fingerprint density at radius 3 is 2.19 bits per heavy atom.